The number of aliphatic hydroxyl groups is 2. The molecular weight excluding hydrogens is 743 g/mol. The number of rotatable bonds is 41. The first-order valence-electron chi connectivity index (χ1n) is 22.2. The number of hydrogen-bond acceptors (Lipinski definition) is 9. The van der Waals surface area contributed by atoms with E-state index in [2.05, 4.69) is 74.6 Å². The van der Waals surface area contributed by atoms with Gasteiger partial charge in [0, 0.05) is 12.8 Å². The Morgan fingerprint density at radius 1 is 0.491 bits per heavy atom. The van der Waals surface area contributed by atoms with Gasteiger partial charge in [-0.1, -0.05) is 152 Å². The molecule has 0 spiro atoms. The van der Waals surface area contributed by atoms with E-state index in [9.17, 15) is 29.3 Å². The Kier molecular flexibility index (Phi) is 40.1. The quantitative estimate of drug-likeness (QED) is 0.0235. The normalized spacial score (nSPS) is 14.4. The average Bonchev–Trinajstić information content (AvgIpc) is 3.20. The third-order valence-corrected chi connectivity index (χ3v) is 10.2. The summed E-state index contributed by atoms with van der Waals surface area (Å²) in [5.74, 6) is -1.04. The maximum atomic E-state index is 12.4. The molecule has 11 heteroatoms. The van der Waals surface area contributed by atoms with Crippen molar-refractivity contribution in [3.63, 3.8) is 0 Å². The molecule has 0 saturated carbocycles. The van der Waals surface area contributed by atoms with Crippen LogP contribution in [0.15, 0.2) is 60.8 Å². The predicted molar refractivity (Wildman–Crippen MR) is 233 cm³/mol. The summed E-state index contributed by atoms with van der Waals surface area (Å²) in [6, 6.07) is 0. The minimum Gasteiger partial charge on any atom is -0.457 e. The highest BCUT2D eigenvalue weighted by Gasteiger charge is 2.27. The number of carbonyl (C=O) groups is 2. The fourth-order valence-corrected chi connectivity index (χ4v) is 6.59. The molecule has 3 atom stereocenters. The SMILES string of the molecule is CC/C=C\C/C=C\C/C=C\C/C=C\CCCCCCCCC(=O)OC(CO)COP(=O)(O)OCC(CO)OC(=O)CCCCCCC/C=C\CCCCCCCC. The summed E-state index contributed by atoms with van der Waals surface area (Å²) in [7, 11) is -4.65. The van der Waals surface area contributed by atoms with Crippen LogP contribution in [0.4, 0.5) is 0 Å². The Bertz CT molecular complexity index is 1130. The lowest BCUT2D eigenvalue weighted by Gasteiger charge is -2.20. The number of hydrogen-bond donors (Lipinski definition) is 3. The van der Waals surface area contributed by atoms with Crippen molar-refractivity contribution in [2.45, 2.75) is 193 Å². The molecular formula is C46H81O10P. The van der Waals surface area contributed by atoms with Gasteiger partial charge in [-0.05, 0) is 77.0 Å². The molecule has 10 nitrogen and oxygen atoms in total. The van der Waals surface area contributed by atoms with Crippen molar-refractivity contribution >= 4 is 19.8 Å². The first-order chi connectivity index (χ1) is 27.8. The molecule has 3 unspecified atom stereocenters. The molecule has 0 aromatic rings. The molecule has 3 N–H and O–H groups in total. The van der Waals surface area contributed by atoms with E-state index in [0.29, 0.717) is 12.8 Å². The summed E-state index contributed by atoms with van der Waals surface area (Å²) in [6.07, 6.45) is 46.2. The van der Waals surface area contributed by atoms with Crippen LogP contribution in [0.25, 0.3) is 0 Å². The largest absolute Gasteiger partial charge is 0.472 e. The van der Waals surface area contributed by atoms with Gasteiger partial charge in [-0.2, -0.15) is 0 Å². The first-order valence-corrected chi connectivity index (χ1v) is 23.7. The molecule has 57 heavy (non-hydrogen) atoms. The lowest BCUT2D eigenvalue weighted by Crippen LogP contribution is -2.28. The molecule has 0 bridgehead atoms. The van der Waals surface area contributed by atoms with Gasteiger partial charge >= 0.3 is 19.8 Å². The fraction of sp³-hybridized carbons (Fsp3) is 0.739. The minimum absolute atomic E-state index is 0.173. The Balaban J connectivity index is 3.95. The minimum atomic E-state index is -4.65. The van der Waals surface area contributed by atoms with Gasteiger partial charge in [0.1, 0.15) is 12.2 Å². The second-order valence-corrected chi connectivity index (χ2v) is 16.1. The zero-order valence-electron chi connectivity index (χ0n) is 35.8. The molecule has 0 aromatic heterocycles. The molecule has 0 aliphatic carbocycles. The van der Waals surface area contributed by atoms with Crippen LogP contribution in [-0.2, 0) is 32.7 Å². The van der Waals surface area contributed by atoms with Crippen molar-refractivity contribution in [3.8, 4) is 0 Å². The number of carbonyl (C=O) groups excluding carboxylic acids is 2. The Morgan fingerprint density at radius 3 is 1.21 bits per heavy atom. The Labute approximate surface area is 346 Å². The molecule has 0 fully saturated rings. The molecule has 0 rings (SSSR count). The van der Waals surface area contributed by atoms with Crippen molar-refractivity contribution in [3.05, 3.63) is 60.8 Å². The van der Waals surface area contributed by atoms with Crippen LogP contribution in [0.5, 0.6) is 0 Å². The van der Waals surface area contributed by atoms with Crippen LogP contribution >= 0.6 is 7.82 Å². The second kappa shape index (κ2) is 41.8. The van der Waals surface area contributed by atoms with E-state index in [-0.39, 0.29) is 12.8 Å². The number of esters is 2. The topological polar surface area (TPSA) is 149 Å². The van der Waals surface area contributed by atoms with Gasteiger partial charge in [0.05, 0.1) is 26.4 Å². The summed E-state index contributed by atoms with van der Waals surface area (Å²) >= 11 is 0. The Hall–Kier alpha value is -2.33. The molecule has 0 aromatic carbocycles. The maximum Gasteiger partial charge on any atom is 0.472 e. The molecule has 330 valence electrons. The summed E-state index contributed by atoms with van der Waals surface area (Å²) in [6.45, 7) is 2.06. The third-order valence-electron chi connectivity index (χ3n) is 9.21. The summed E-state index contributed by atoms with van der Waals surface area (Å²) in [5.41, 5.74) is 0. The van der Waals surface area contributed by atoms with Gasteiger partial charge in [-0.3, -0.25) is 18.6 Å². The van der Waals surface area contributed by atoms with Crippen LogP contribution < -0.4 is 0 Å². The van der Waals surface area contributed by atoms with E-state index in [1.54, 1.807) is 0 Å². The van der Waals surface area contributed by atoms with Crippen LogP contribution in [0.1, 0.15) is 181 Å². The summed E-state index contributed by atoms with van der Waals surface area (Å²) < 4.78 is 32.6. The van der Waals surface area contributed by atoms with Crippen LogP contribution in [0.3, 0.4) is 0 Å². The highest BCUT2D eigenvalue weighted by molar-refractivity contribution is 7.47. The lowest BCUT2D eigenvalue weighted by atomic mass is 10.1. The highest BCUT2D eigenvalue weighted by Crippen LogP contribution is 2.43. The predicted octanol–water partition coefficient (Wildman–Crippen LogP) is 11.9. The zero-order valence-corrected chi connectivity index (χ0v) is 36.7. The average molecular weight is 825 g/mol. The van der Waals surface area contributed by atoms with Crippen molar-refractivity contribution in [2.75, 3.05) is 26.4 Å². The van der Waals surface area contributed by atoms with Gasteiger partial charge in [0.2, 0.25) is 0 Å². The third kappa shape index (κ3) is 40.2. The van der Waals surface area contributed by atoms with Crippen molar-refractivity contribution in [1.82, 2.24) is 0 Å². The maximum absolute atomic E-state index is 12.4. The molecule has 0 amide bonds. The van der Waals surface area contributed by atoms with E-state index >= 15 is 0 Å². The van der Waals surface area contributed by atoms with E-state index in [1.807, 2.05) is 0 Å². The van der Waals surface area contributed by atoms with Crippen molar-refractivity contribution < 1.29 is 47.8 Å². The van der Waals surface area contributed by atoms with Crippen LogP contribution in [0, 0.1) is 0 Å². The Morgan fingerprint density at radius 2 is 0.825 bits per heavy atom. The van der Waals surface area contributed by atoms with Gasteiger partial charge < -0.3 is 24.6 Å². The molecule has 0 radical (unpaired) electrons. The number of ether oxygens (including phenoxy) is 2. The van der Waals surface area contributed by atoms with Gasteiger partial charge in [-0.15, -0.1) is 0 Å². The van der Waals surface area contributed by atoms with E-state index in [1.165, 1.54) is 38.5 Å². The molecule has 0 heterocycles. The number of allylic oxidation sites excluding steroid dienone is 10. The molecule has 0 saturated heterocycles. The summed E-state index contributed by atoms with van der Waals surface area (Å²) in [5, 5.41) is 19.2. The fourth-order valence-electron chi connectivity index (χ4n) is 5.81. The molecule has 0 aliphatic rings. The van der Waals surface area contributed by atoms with E-state index in [0.717, 1.165) is 103 Å². The van der Waals surface area contributed by atoms with Crippen molar-refractivity contribution in [2.24, 2.45) is 0 Å². The van der Waals surface area contributed by atoms with Gasteiger partial charge in [-0.25, -0.2) is 4.57 Å². The number of phosphoric acid groups is 1. The van der Waals surface area contributed by atoms with Crippen LogP contribution in [-0.4, -0.2) is 65.7 Å². The smallest absolute Gasteiger partial charge is 0.457 e. The zero-order chi connectivity index (χ0) is 41.9. The van der Waals surface area contributed by atoms with Gasteiger partial charge in [0.15, 0.2) is 0 Å². The van der Waals surface area contributed by atoms with Crippen LogP contribution in [0.2, 0.25) is 0 Å². The molecule has 0 aliphatic heterocycles. The number of phosphoric ester groups is 1. The van der Waals surface area contributed by atoms with Gasteiger partial charge in [0.25, 0.3) is 0 Å². The van der Waals surface area contributed by atoms with Crippen molar-refractivity contribution in [1.29, 1.82) is 0 Å². The lowest BCUT2D eigenvalue weighted by molar-refractivity contribution is -0.153. The highest BCUT2D eigenvalue weighted by atomic mass is 31.2. The number of aliphatic hydroxyl groups excluding tert-OH is 2. The van der Waals surface area contributed by atoms with E-state index in [4.69, 9.17) is 18.5 Å². The monoisotopic (exact) mass is 825 g/mol. The first kappa shape index (κ1) is 54.7. The number of unbranched alkanes of at least 4 members (excludes halogenated alkanes) is 17. The second-order valence-electron chi connectivity index (χ2n) is 14.6. The standard InChI is InChI=1S/C46H81O10P/c1-3-5-7-9-11-13-15-17-19-20-21-22-24-26-28-30-32-34-36-38-46(50)56-44(40-48)42-54-57(51,52)53-41-43(39-47)55-45(49)37-35-33-31-29-27-25-23-18-16-14-12-10-8-6-4-2/h5,7,11,13,17-19,21-23,43-44,47-48H,3-4,6,8-10,12,14-16,20,24-42H2,1-2H3,(H,51,52)/b7-5-,13-11-,19-17-,22-21-,23-18-. The van der Waals surface area contributed by atoms with E-state index < -0.39 is 58.4 Å². The summed E-state index contributed by atoms with van der Waals surface area (Å²) in [4.78, 5) is 34.5.